The van der Waals surface area contributed by atoms with Crippen LogP contribution in [0.3, 0.4) is 0 Å². The van der Waals surface area contributed by atoms with Crippen LogP contribution < -0.4 is 20.3 Å². The molecule has 2 amide bonds. The summed E-state index contributed by atoms with van der Waals surface area (Å²) in [6, 6.07) is 12.6. The van der Waals surface area contributed by atoms with Crippen LogP contribution in [0.25, 0.3) is 0 Å². The van der Waals surface area contributed by atoms with Crippen LogP contribution in [0.4, 0.5) is 10.1 Å². The van der Waals surface area contributed by atoms with Crippen LogP contribution in [0.1, 0.15) is 54.9 Å². The van der Waals surface area contributed by atoms with Crippen molar-refractivity contribution in [2.45, 2.75) is 51.6 Å². The number of morpholine rings is 1. The third-order valence-electron chi connectivity index (χ3n) is 8.43. The second-order valence-corrected chi connectivity index (χ2v) is 11.3. The van der Waals surface area contributed by atoms with E-state index in [0.29, 0.717) is 56.4 Å². The fourth-order valence-electron chi connectivity index (χ4n) is 6.00. The number of fused-ring (bicyclic) bond motifs is 1. The number of rotatable bonds is 3. The number of carbonyl (C=O) groups excluding carboxylic acids is 2. The van der Waals surface area contributed by atoms with Gasteiger partial charge in [0, 0.05) is 26.2 Å². The van der Waals surface area contributed by atoms with E-state index in [1.165, 1.54) is 0 Å². The van der Waals surface area contributed by atoms with Crippen molar-refractivity contribution in [1.29, 1.82) is 0 Å². The van der Waals surface area contributed by atoms with E-state index in [1.54, 1.807) is 18.2 Å². The zero-order valence-corrected chi connectivity index (χ0v) is 23.4. The van der Waals surface area contributed by atoms with Crippen LogP contribution in [-0.2, 0) is 16.1 Å². The number of nitrogens with zero attached hydrogens (tertiary/aromatic N) is 2. The molecule has 2 N–H and O–H groups in total. The SMILES string of the molecule is C[C@@H]1COc2ccccc2C(=O)NCCCCC2(CCN(Cc3ccc(N4CCOCC4)c(F)c3)CC2)C(=O)N1. The van der Waals surface area contributed by atoms with Crippen LogP contribution >= 0.6 is 0 Å². The number of ether oxygens (including phenoxy) is 2. The summed E-state index contributed by atoms with van der Waals surface area (Å²) in [7, 11) is 0. The van der Waals surface area contributed by atoms with E-state index in [4.69, 9.17) is 9.47 Å². The molecule has 40 heavy (non-hydrogen) atoms. The van der Waals surface area contributed by atoms with Gasteiger partial charge in [0.1, 0.15) is 18.2 Å². The lowest BCUT2D eigenvalue weighted by molar-refractivity contribution is -0.135. The molecule has 0 aromatic heterocycles. The first-order valence-electron chi connectivity index (χ1n) is 14.6. The molecular weight excluding hydrogens is 511 g/mol. The number of anilines is 1. The Hall–Kier alpha value is -3.17. The Morgan fingerprint density at radius 2 is 1.77 bits per heavy atom. The van der Waals surface area contributed by atoms with Gasteiger partial charge < -0.3 is 25.0 Å². The van der Waals surface area contributed by atoms with Gasteiger partial charge in [-0.2, -0.15) is 0 Å². The fraction of sp³-hybridized carbons (Fsp3) is 0.548. The van der Waals surface area contributed by atoms with Gasteiger partial charge in [-0.3, -0.25) is 14.5 Å². The maximum Gasteiger partial charge on any atom is 0.255 e. The van der Waals surface area contributed by atoms with Crippen LogP contribution in [0.5, 0.6) is 5.75 Å². The normalized spacial score (nSPS) is 22.9. The summed E-state index contributed by atoms with van der Waals surface area (Å²) in [5.41, 5.74) is 1.64. The van der Waals surface area contributed by atoms with Crippen molar-refractivity contribution in [3.8, 4) is 5.75 Å². The number of piperidine rings is 1. The standard InChI is InChI=1S/C31H41FN4O4/c1-23-22-40-28-7-3-2-6-25(28)29(37)33-13-5-4-10-31(30(38)34-23)11-14-35(15-12-31)21-24-8-9-27(26(32)20-24)36-16-18-39-19-17-36/h2-3,6-9,20,23H,4-5,10-19,21-22H2,1H3,(H,33,37)(H,34,38)/t23-/m1/s1. The Labute approximate surface area is 236 Å². The highest BCUT2D eigenvalue weighted by atomic mass is 19.1. The van der Waals surface area contributed by atoms with Crippen LogP contribution in [0.2, 0.25) is 0 Å². The predicted octanol–water partition coefficient (Wildman–Crippen LogP) is 3.74. The monoisotopic (exact) mass is 552 g/mol. The van der Waals surface area contributed by atoms with Crippen LogP contribution in [0, 0.1) is 11.2 Å². The van der Waals surface area contributed by atoms with E-state index in [0.717, 1.165) is 50.8 Å². The minimum absolute atomic E-state index is 0.0820. The van der Waals surface area contributed by atoms with Gasteiger partial charge in [-0.25, -0.2) is 4.39 Å². The van der Waals surface area contributed by atoms with Crippen molar-refractivity contribution in [3.63, 3.8) is 0 Å². The summed E-state index contributed by atoms with van der Waals surface area (Å²) >= 11 is 0. The van der Waals surface area contributed by atoms with Gasteiger partial charge in [-0.05, 0) is 75.5 Å². The molecule has 0 radical (unpaired) electrons. The van der Waals surface area contributed by atoms with Crippen LogP contribution in [-0.4, -0.2) is 75.3 Å². The average Bonchev–Trinajstić information content (AvgIpc) is 2.97. The Morgan fingerprint density at radius 1 is 1.00 bits per heavy atom. The first-order chi connectivity index (χ1) is 19.4. The van der Waals surface area contributed by atoms with Gasteiger partial charge in [0.25, 0.3) is 5.91 Å². The van der Waals surface area contributed by atoms with Gasteiger partial charge in [-0.15, -0.1) is 0 Å². The number of hydrogen-bond acceptors (Lipinski definition) is 6. The smallest absolute Gasteiger partial charge is 0.255 e. The number of hydrogen-bond donors (Lipinski definition) is 2. The number of nitrogens with one attached hydrogen (secondary N) is 2. The highest BCUT2D eigenvalue weighted by Crippen LogP contribution is 2.38. The minimum atomic E-state index is -0.456. The van der Waals surface area contributed by atoms with Crippen molar-refractivity contribution in [3.05, 3.63) is 59.4 Å². The maximum absolute atomic E-state index is 14.9. The topological polar surface area (TPSA) is 83.1 Å². The molecule has 3 aliphatic rings. The van der Waals surface area contributed by atoms with Crippen molar-refractivity contribution in [1.82, 2.24) is 15.5 Å². The molecule has 0 aliphatic carbocycles. The number of likely N-dealkylation sites (tertiary alicyclic amines) is 1. The van der Waals surface area contributed by atoms with E-state index in [9.17, 15) is 14.0 Å². The van der Waals surface area contributed by atoms with Crippen LogP contribution in [0.15, 0.2) is 42.5 Å². The molecule has 3 heterocycles. The molecule has 2 aromatic carbocycles. The number of para-hydroxylation sites is 1. The van der Waals surface area contributed by atoms with Gasteiger partial charge in [-0.1, -0.05) is 24.6 Å². The van der Waals surface area contributed by atoms with Crippen molar-refractivity contribution >= 4 is 17.5 Å². The summed E-state index contributed by atoms with van der Waals surface area (Å²) in [6.07, 6.45) is 3.92. The molecule has 2 fully saturated rings. The van der Waals surface area contributed by atoms with Gasteiger partial charge in [0.2, 0.25) is 5.91 Å². The number of carbonyl (C=O) groups is 2. The van der Waals surface area contributed by atoms with E-state index in [-0.39, 0.29) is 30.3 Å². The van der Waals surface area contributed by atoms with Crippen molar-refractivity contribution in [2.24, 2.45) is 5.41 Å². The van der Waals surface area contributed by atoms with Gasteiger partial charge >= 0.3 is 0 Å². The highest BCUT2D eigenvalue weighted by Gasteiger charge is 2.41. The first kappa shape index (κ1) is 28.4. The molecule has 5 rings (SSSR count). The summed E-state index contributed by atoms with van der Waals surface area (Å²) in [5.74, 6) is 0.278. The van der Waals surface area contributed by atoms with E-state index >= 15 is 0 Å². The lowest BCUT2D eigenvalue weighted by atomic mass is 9.73. The van der Waals surface area contributed by atoms with Gasteiger partial charge in [0.15, 0.2) is 0 Å². The molecule has 216 valence electrons. The van der Waals surface area contributed by atoms with Crippen molar-refractivity contribution in [2.75, 3.05) is 57.4 Å². The molecule has 1 spiro atoms. The summed E-state index contributed by atoms with van der Waals surface area (Å²) < 4.78 is 26.3. The van der Waals surface area contributed by atoms with E-state index in [2.05, 4.69) is 15.5 Å². The largest absolute Gasteiger partial charge is 0.491 e. The van der Waals surface area contributed by atoms with E-state index < -0.39 is 5.41 Å². The molecule has 1 atom stereocenters. The molecule has 0 saturated carbocycles. The second kappa shape index (κ2) is 13.0. The third-order valence-corrected chi connectivity index (χ3v) is 8.43. The zero-order chi connectivity index (χ0) is 28.0. The predicted molar refractivity (Wildman–Crippen MR) is 152 cm³/mol. The summed E-state index contributed by atoms with van der Waals surface area (Å²) in [6.45, 7) is 7.64. The molecule has 9 heteroatoms. The number of amides is 2. The Kier molecular flexibility index (Phi) is 9.22. The quantitative estimate of drug-likeness (QED) is 0.604. The fourth-order valence-corrected chi connectivity index (χ4v) is 6.00. The molecule has 2 aromatic rings. The average molecular weight is 553 g/mol. The Balaban J connectivity index is 1.21. The first-order valence-corrected chi connectivity index (χ1v) is 14.6. The molecule has 0 bridgehead atoms. The zero-order valence-electron chi connectivity index (χ0n) is 23.4. The third kappa shape index (κ3) is 6.75. The van der Waals surface area contributed by atoms with Gasteiger partial charge in [0.05, 0.1) is 35.9 Å². The van der Waals surface area contributed by atoms with Crippen molar-refractivity contribution < 1.29 is 23.5 Å². The molecule has 3 aliphatic heterocycles. The lowest BCUT2D eigenvalue weighted by Gasteiger charge is -2.41. The lowest BCUT2D eigenvalue weighted by Crippen LogP contribution is -2.51. The molecule has 2 saturated heterocycles. The maximum atomic E-state index is 14.9. The minimum Gasteiger partial charge on any atom is -0.491 e. The molecular formula is C31H41FN4O4. The summed E-state index contributed by atoms with van der Waals surface area (Å²) in [5, 5.41) is 6.20. The second-order valence-electron chi connectivity index (χ2n) is 11.3. The number of halogens is 1. The number of benzene rings is 2. The highest BCUT2D eigenvalue weighted by molar-refractivity contribution is 5.96. The Morgan fingerprint density at radius 3 is 2.55 bits per heavy atom. The molecule has 0 unspecified atom stereocenters. The van der Waals surface area contributed by atoms with E-state index in [1.807, 2.05) is 36.1 Å². The Bertz CT molecular complexity index is 1180. The molecule has 8 nitrogen and oxygen atoms in total. The summed E-state index contributed by atoms with van der Waals surface area (Å²) in [4.78, 5) is 30.7.